The van der Waals surface area contributed by atoms with Crippen molar-refractivity contribution in [2.24, 2.45) is 0 Å². The van der Waals surface area contributed by atoms with Crippen molar-refractivity contribution in [2.45, 2.75) is 31.3 Å². The first-order valence-corrected chi connectivity index (χ1v) is 14.0. The van der Waals surface area contributed by atoms with Crippen LogP contribution in [0.1, 0.15) is 29.1 Å². The second-order valence-corrected chi connectivity index (χ2v) is 12.0. The van der Waals surface area contributed by atoms with Crippen molar-refractivity contribution in [1.29, 1.82) is 0 Å². The van der Waals surface area contributed by atoms with Crippen LogP contribution in [0.5, 0.6) is 0 Å². The number of carbonyl (C=O) groups is 1. The molecule has 1 aliphatic heterocycles. The Morgan fingerprint density at radius 2 is 1.81 bits per heavy atom. The Bertz CT molecular complexity index is 1300. The number of nitrogens with zero attached hydrogens (tertiary/aromatic N) is 4. The fraction of sp³-hybridized carbons (Fsp3) is 0.360. The van der Waals surface area contributed by atoms with Crippen LogP contribution in [0.25, 0.3) is 11.1 Å². The maximum Gasteiger partial charge on any atom is 0.286 e. The molecule has 2 aromatic carbocycles. The highest BCUT2D eigenvalue weighted by Gasteiger charge is 2.29. The summed E-state index contributed by atoms with van der Waals surface area (Å²) in [5, 5.41) is 9.40. The van der Waals surface area contributed by atoms with Crippen molar-refractivity contribution in [3.63, 3.8) is 0 Å². The molecule has 0 unspecified atom stereocenters. The summed E-state index contributed by atoms with van der Waals surface area (Å²) >= 11 is 1.15. The van der Waals surface area contributed by atoms with Gasteiger partial charge in [0.1, 0.15) is 4.88 Å². The molecule has 4 rings (SSSR count). The molecule has 1 aliphatic rings. The Hall–Kier alpha value is -2.83. The van der Waals surface area contributed by atoms with Gasteiger partial charge in [-0.05, 0) is 55.8 Å². The van der Waals surface area contributed by atoms with E-state index in [1.165, 1.54) is 16.1 Å². The van der Waals surface area contributed by atoms with E-state index in [-0.39, 0.29) is 4.90 Å². The Balaban J connectivity index is 1.42. The molecule has 0 atom stereocenters. The highest BCUT2D eigenvalue weighted by molar-refractivity contribution is 7.89. The van der Waals surface area contributed by atoms with Crippen molar-refractivity contribution >= 4 is 32.4 Å². The van der Waals surface area contributed by atoms with E-state index < -0.39 is 15.9 Å². The number of nitrogens with one attached hydrogen (secondary N) is 1. The Kier molecular flexibility index (Phi) is 8.06. The highest BCUT2D eigenvalue weighted by atomic mass is 32.2. The third-order valence-corrected chi connectivity index (χ3v) is 9.36. The number of hydrogen-bond acceptors (Lipinski definition) is 8. The number of rotatable bonds is 8. The lowest BCUT2D eigenvalue weighted by Gasteiger charge is -2.33. The molecular weight excluding hydrogens is 498 g/mol. The molecule has 2 N–H and O–H groups in total. The number of hydrogen-bond donors (Lipinski definition) is 2. The summed E-state index contributed by atoms with van der Waals surface area (Å²) in [5.74, 6) is -0.613. The molecule has 0 saturated carbocycles. The molecule has 192 valence electrons. The first kappa shape index (κ1) is 26.2. The smallest absolute Gasteiger partial charge is 0.286 e. The van der Waals surface area contributed by atoms with Crippen molar-refractivity contribution in [2.75, 3.05) is 38.1 Å². The second-order valence-electron chi connectivity index (χ2n) is 9.07. The van der Waals surface area contributed by atoms with Gasteiger partial charge in [-0.1, -0.05) is 41.7 Å². The van der Waals surface area contributed by atoms with Crippen molar-refractivity contribution in [1.82, 2.24) is 19.7 Å². The first-order chi connectivity index (χ1) is 17.2. The fourth-order valence-electron chi connectivity index (χ4n) is 3.98. The van der Waals surface area contributed by atoms with Crippen LogP contribution in [0.3, 0.4) is 0 Å². The number of amides is 1. The maximum absolute atomic E-state index is 13.3. The van der Waals surface area contributed by atoms with Crippen LogP contribution in [0.15, 0.2) is 59.6 Å². The highest BCUT2D eigenvalue weighted by Crippen LogP contribution is 2.27. The van der Waals surface area contributed by atoms with Crippen LogP contribution in [0.4, 0.5) is 5.13 Å². The minimum Gasteiger partial charge on any atom is -0.345 e. The van der Waals surface area contributed by atoms with Gasteiger partial charge in [0, 0.05) is 38.8 Å². The molecule has 36 heavy (non-hydrogen) atoms. The summed E-state index contributed by atoms with van der Waals surface area (Å²) in [4.78, 5) is 20.5. The second kappa shape index (κ2) is 11.1. The largest absolute Gasteiger partial charge is 0.345 e. The van der Waals surface area contributed by atoms with E-state index in [0.29, 0.717) is 42.2 Å². The predicted octanol–water partition coefficient (Wildman–Crippen LogP) is 3.28. The van der Waals surface area contributed by atoms with Gasteiger partial charge in [-0.2, -0.15) is 4.31 Å². The van der Waals surface area contributed by atoms with E-state index in [0.717, 1.165) is 29.0 Å². The number of anilines is 1. The zero-order valence-corrected chi connectivity index (χ0v) is 22.2. The van der Waals surface area contributed by atoms with Crippen LogP contribution in [0.2, 0.25) is 0 Å². The van der Waals surface area contributed by atoms with Crippen LogP contribution in [-0.2, 0) is 16.6 Å². The van der Waals surface area contributed by atoms with Gasteiger partial charge in [0.15, 0.2) is 5.13 Å². The van der Waals surface area contributed by atoms with E-state index in [2.05, 4.69) is 42.9 Å². The number of hydroxylamine groups is 1. The van der Waals surface area contributed by atoms with E-state index in [4.69, 9.17) is 5.21 Å². The Labute approximate surface area is 216 Å². The maximum atomic E-state index is 13.3. The van der Waals surface area contributed by atoms with Gasteiger partial charge in [-0.25, -0.2) is 18.9 Å². The Morgan fingerprint density at radius 3 is 2.44 bits per heavy atom. The average Bonchev–Trinajstić information content (AvgIpc) is 3.39. The standard InChI is InChI=1S/C25H31N5O4S2/c1-18(2)28(3)17-19-5-4-6-21(15-19)20-7-9-22(10-8-20)36(33,34)30-13-11-29(12-14-30)25-26-16-23(35-25)24(31)27-32/h4-10,15-16,18,32H,11-14,17H2,1-3H3,(H,27,31). The topological polar surface area (TPSA) is 106 Å². The van der Waals surface area contributed by atoms with Crippen molar-refractivity contribution < 1.29 is 18.4 Å². The molecular formula is C25H31N5O4S2. The van der Waals surface area contributed by atoms with E-state index >= 15 is 0 Å². The minimum atomic E-state index is -3.63. The van der Waals surface area contributed by atoms with E-state index in [1.807, 2.05) is 29.2 Å². The van der Waals surface area contributed by atoms with Crippen LogP contribution >= 0.6 is 11.3 Å². The van der Waals surface area contributed by atoms with Crippen molar-refractivity contribution in [3.05, 3.63) is 65.2 Å². The number of sulfonamides is 1. The van der Waals surface area contributed by atoms with Gasteiger partial charge >= 0.3 is 0 Å². The molecule has 9 nitrogen and oxygen atoms in total. The first-order valence-electron chi connectivity index (χ1n) is 11.7. The monoisotopic (exact) mass is 529 g/mol. The number of piperazine rings is 1. The van der Waals surface area contributed by atoms with Gasteiger partial charge in [-0.15, -0.1) is 0 Å². The normalized spacial score (nSPS) is 15.0. The lowest BCUT2D eigenvalue weighted by atomic mass is 10.0. The molecule has 1 fully saturated rings. The number of benzene rings is 2. The fourth-order valence-corrected chi connectivity index (χ4v) is 6.26. The summed E-state index contributed by atoms with van der Waals surface area (Å²) in [5.41, 5.74) is 4.83. The molecule has 11 heteroatoms. The molecule has 0 bridgehead atoms. The molecule has 1 saturated heterocycles. The average molecular weight is 530 g/mol. The molecule has 2 heterocycles. The summed E-state index contributed by atoms with van der Waals surface area (Å²) < 4.78 is 28.0. The van der Waals surface area contributed by atoms with Crippen molar-refractivity contribution in [3.8, 4) is 11.1 Å². The lowest BCUT2D eigenvalue weighted by Crippen LogP contribution is -2.48. The third-order valence-electron chi connectivity index (χ3n) is 6.39. The molecule has 3 aromatic rings. The summed E-state index contributed by atoms with van der Waals surface area (Å²) in [6, 6.07) is 15.8. The molecule has 0 aliphatic carbocycles. The van der Waals surface area contributed by atoms with Gasteiger partial charge in [0.05, 0.1) is 11.1 Å². The molecule has 1 amide bonds. The number of thiazole rings is 1. The lowest BCUT2D eigenvalue weighted by molar-refractivity contribution is 0.0710. The SMILES string of the molecule is CC(C)N(C)Cc1cccc(-c2ccc(S(=O)(=O)N3CCN(c4ncc(C(=O)NO)s4)CC3)cc2)c1. The van der Waals surface area contributed by atoms with Crippen LogP contribution < -0.4 is 10.4 Å². The quantitative estimate of drug-likeness (QED) is 0.341. The zero-order valence-electron chi connectivity index (χ0n) is 20.6. The Morgan fingerprint density at radius 1 is 1.11 bits per heavy atom. The number of aromatic nitrogens is 1. The minimum absolute atomic E-state index is 0.270. The van der Waals surface area contributed by atoms with E-state index in [1.54, 1.807) is 17.6 Å². The van der Waals surface area contributed by atoms with Crippen LogP contribution in [0, 0.1) is 0 Å². The van der Waals surface area contributed by atoms with Gasteiger partial charge in [0.2, 0.25) is 10.0 Å². The third kappa shape index (κ3) is 5.76. The molecule has 0 radical (unpaired) electrons. The molecule has 0 spiro atoms. The zero-order chi connectivity index (χ0) is 25.9. The van der Waals surface area contributed by atoms with Crippen LogP contribution in [-0.4, -0.2) is 73.0 Å². The van der Waals surface area contributed by atoms with Gasteiger partial charge in [0.25, 0.3) is 5.91 Å². The van der Waals surface area contributed by atoms with E-state index in [9.17, 15) is 13.2 Å². The number of carbonyl (C=O) groups excluding carboxylic acids is 1. The predicted molar refractivity (Wildman–Crippen MR) is 141 cm³/mol. The summed E-state index contributed by atoms with van der Waals surface area (Å²) in [6.07, 6.45) is 1.40. The van der Waals surface area contributed by atoms with Gasteiger partial charge < -0.3 is 4.90 Å². The molecule has 1 aromatic heterocycles. The van der Waals surface area contributed by atoms with Gasteiger partial charge in [-0.3, -0.25) is 14.9 Å². The summed E-state index contributed by atoms with van der Waals surface area (Å²) in [6.45, 7) is 6.73. The summed E-state index contributed by atoms with van der Waals surface area (Å²) in [7, 11) is -1.53.